The number of rotatable bonds is 17. The van der Waals surface area contributed by atoms with Crippen molar-refractivity contribution in [3.8, 4) is 17.2 Å². The van der Waals surface area contributed by atoms with Crippen molar-refractivity contribution in [1.29, 1.82) is 0 Å². The molecule has 0 radical (unpaired) electrons. The molecule has 0 aliphatic carbocycles. The summed E-state index contributed by atoms with van der Waals surface area (Å²) >= 11 is 0. The number of esters is 2. The molecule has 0 heterocycles. The second kappa shape index (κ2) is 16.4. The lowest BCUT2D eigenvalue weighted by molar-refractivity contribution is -0.146. The molecule has 0 bridgehead atoms. The lowest BCUT2D eigenvalue weighted by Gasteiger charge is -2.20. The van der Waals surface area contributed by atoms with E-state index in [1.165, 1.54) is 90.9 Å². The number of unbranched alkanes of at least 4 members (excludes halogenated alkanes) is 10. The standard InChI is InChI=1S/C26H42O6/c1-5-6-7-8-9-10-11-12-13-14-15-16-24(31-20(2)27)18-22-17-23(29)19-25(30-4)26(22)32-21(3)28/h17,19,24,29H,5-16,18H2,1-4H3. The second-order valence-electron chi connectivity index (χ2n) is 8.49. The van der Waals surface area contributed by atoms with Crippen molar-refractivity contribution in [2.75, 3.05) is 7.11 Å². The molecule has 6 heteroatoms. The van der Waals surface area contributed by atoms with Gasteiger partial charge < -0.3 is 19.3 Å². The number of ether oxygens (including phenoxy) is 3. The van der Waals surface area contributed by atoms with Gasteiger partial charge in [-0.2, -0.15) is 0 Å². The smallest absolute Gasteiger partial charge is 0.308 e. The van der Waals surface area contributed by atoms with Crippen LogP contribution in [0.25, 0.3) is 0 Å². The molecule has 0 aliphatic heterocycles. The third kappa shape index (κ3) is 12.0. The van der Waals surface area contributed by atoms with Gasteiger partial charge in [0.1, 0.15) is 11.9 Å². The monoisotopic (exact) mass is 450 g/mol. The quantitative estimate of drug-likeness (QED) is 0.166. The number of phenols is 1. The van der Waals surface area contributed by atoms with Gasteiger partial charge in [-0.3, -0.25) is 9.59 Å². The maximum absolute atomic E-state index is 11.6. The summed E-state index contributed by atoms with van der Waals surface area (Å²) in [5.74, 6) is -0.298. The van der Waals surface area contributed by atoms with Crippen LogP contribution in [0.4, 0.5) is 0 Å². The molecular weight excluding hydrogens is 408 g/mol. The summed E-state index contributed by atoms with van der Waals surface area (Å²) in [5.41, 5.74) is 0.575. The summed E-state index contributed by atoms with van der Waals surface area (Å²) in [5, 5.41) is 10.0. The number of phenolic OH excluding ortho intramolecular Hbond substituents is 1. The first-order valence-corrected chi connectivity index (χ1v) is 12.1. The minimum Gasteiger partial charge on any atom is -0.508 e. The molecule has 1 N–H and O–H groups in total. The zero-order valence-electron chi connectivity index (χ0n) is 20.4. The molecule has 1 unspecified atom stereocenters. The average Bonchev–Trinajstić information content (AvgIpc) is 2.72. The number of benzene rings is 1. The SMILES string of the molecule is CCCCCCCCCCCCCC(Cc1cc(O)cc(OC)c1OC(C)=O)OC(C)=O. The van der Waals surface area contributed by atoms with Gasteiger partial charge in [-0.25, -0.2) is 0 Å². The summed E-state index contributed by atoms with van der Waals surface area (Å²) in [6, 6.07) is 2.92. The van der Waals surface area contributed by atoms with Gasteiger partial charge in [-0.1, -0.05) is 71.1 Å². The number of carbonyl (C=O) groups is 2. The fraction of sp³-hybridized carbons (Fsp3) is 0.692. The summed E-state index contributed by atoms with van der Waals surface area (Å²) in [7, 11) is 1.44. The van der Waals surface area contributed by atoms with Crippen LogP contribution in [0.15, 0.2) is 12.1 Å². The molecule has 32 heavy (non-hydrogen) atoms. The maximum atomic E-state index is 11.6. The highest BCUT2D eigenvalue weighted by Gasteiger charge is 2.20. The first-order chi connectivity index (χ1) is 15.4. The Morgan fingerprint density at radius 2 is 1.44 bits per heavy atom. The number of hydrogen-bond donors (Lipinski definition) is 1. The Morgan fingerprint density at radius 3 is 1.94 bits per heavy atom. The molecule has 0 amide bonds. The van der Waals surface area contributed by atoms with Gasteiger partial charge in [0, 0.05) is 31.9 Å². The van der Waals surface area contributed by atoms with E-state index < -0.39 is 5.97 Å². The van der Waals surface area contributed by atoms with E-state index in [1.807, 2.05) is 0 Å². The Hall–Kier alpha value is -2.24. The van der Waals surface area contributed by atoms with Gasteiger partial charge in [0.05, 0.1) is 7.11 Å². The second-order valence-corrected chi connectivity index (χ2v) is 8.49. The van der Waals surface area contributed by atoms with Crippen LogP contribution in [0.1, 0.15) is 103 Å². The molecule has 0 aliphatic rings. The zero-order chi connectivity index (χ0) is 23.8. The van der Waals surface area contributed by atoms with Crippen molar-refractivity contribution in [3.63, 3.8) is 0 Å². The van der Waals surface area contributed by atoms with E-state index in [4.69, 9.17) is 14.2 Å². The van der Waals surface area contributed by atoms with Crippen LogP contribution in [0, 0.1) is 0 Å². The molecule has 0 spiro atoms. The highest BCUT2D eigenvalue weighted by Crippen LogP contribution is 2.37. The van der Waals surface area contributed by atoms with Gasteiger partial charge in [0.15, 0.2) is 11.5 Å². The van der Waals surface area contributed by atoms with E-state index in [-0.39, 0.29) is 29.3 Å². The summed E-state index contributed by atoms with van der Waals surface area (Å²) in [4.78, 5) is 23.2. The highest BCUT2D eigenvalue weighted by atomic mass is 16.6. The van der Waals surface area contributed by atoms with Crippen molar-refractivity contribution >= 4 is 11.9 Å². The largest absolute Gasteiger partial charge is 0.508 e. The Balaban J connectivity index is 2.54. The first-order valence-electron chi connectivity index (χ1n) is 12.1. The van der Waals surface area contributed by atoms with Gasteiger partial charge in [-0.05, 0) is 18.9 Å². The number of methoxy groups -OCH3 is 1. The van der Waals surface area contributed by atoms with Crippen LogP contribution in [-0.4, -0.2) is 30.3 Å². The van der Waals surface area contributed by atoms with E-state index in [9.17, 15) is 14.7 Å². The summed E-state index contributed by atoms with van der Waals surface area (Å²) in [6.45, 7) is 4.94. The fourth-order valence-corrected chi connectivity index (χ4v) is 3.93. The molecule has 182 valence electrons. The van der Waals surface area contributed by atoms with Crippen molar-refractivity contribution in [2.45, 2.75) is 110 Å². The van der Waals surface area contributed by atoms with Gasteiger partial charge in [0.2, 0.25) is 0 Å². The lowest BCUT2D eigenvalue weighted by atomic mass is 10.00. The number of aromatic hydroxyl groups is 1. The van der Waals surface area contributed by atoms with Crippen LogP contribution in [0.5, 0.6) is 17.2 Å². The zero-order valence-corrected chi connectivity index (χ0v) is 20.4. The van der Waals surface area contributed by atoms with Gasteiger partial charge in [0.25, 0.3) is 0 Å². The molecule has 0 fully saturated rings. The minimum absolute atomic E-state index is 0.00372. The molecule has 1 aromatic carbocycles. The van der Waals surface area contributed by atoms with Crippen molar-refractivity contribution < 1.29 is 28.9 Å². The predicted octanol–water partition coefficient (Wildman–Crippen LogP) is 6.50. The van der Waals surface area contributed by atoms with Gasteiger partial charge >= 0.3 is 11.9 Å². The Morgan fingerprint density at radius 1 is 0.875 bits per heavy atom. The normalized spacial score (nSPS) is 11.8. The van der Waals surface area contributed by atoms with E-state index >= 15 is 0 Å². The van der Waals surface area contributed by atoms with Gasteiger partial charge in [-0.15, -0.1) is 0 Å². The average molecular weight is 451 g/mol. The van der Waals surface area contributed by atoms with E-state index in [2.05, 4.69) is 6.92 Å². The fourth-order valence-electron chi connectivity index (χ4n) is 3.93. The molecule has 1 aromatic rings. The topological polar surface area (TPSA) is 82.1 Å². The highest BCUT2D eigenvalue weighted by molar-refractivity contribution is 5.71. The molecule has 0 saturated heterocycles. The minimum atomic E-state index is -0.482. The predicted molar refractivity (Wildman–Crippen MR) is 126 cm³/mol. The number of carbonyl (C=O) groups excluding carboxylic acids is 2. The molecular formula is C26H42O6. The lowest BCUT2D eigenvalue weighted by Crippen LogP contribution is -2.20. The Kier molecular flexibility index (Phi) is 14.2. The molecule has 6 nitrogen and oxygen atoms in total. The maximum Gasteiger partial charge on any atom is 0.308 e. The Bertz CT molecular complexity index is 685. The van der Waals surface area contributed by atoms with Crippen molar-refractivity contribution in [1.82, 2.24) is 0 Å². The van der Waals surface area contributed by atoms with E-state index in [1.54, 1.807) is 0 Å². The van der Waals surface area contributed by atoms with Crippen molar-refractivity contribution in [3.05, 3.63) is 17.7 Å². The number of hydrogen-bond acceptors (Lipinski definition) is 6. The third-order valence-corrected chi connectivity index (χ3v) is 5.49. The van der Waals surface area contributed by atoms with Crippen LogP contribution >= 0.6 is 0 Å². The van der Waals surface area contributed by atoms with Crippen LogP contribution in [0.2, 0.25) is 0 Å². The Labute approximate surface area is 193 Å². The van der Waals surface area contributed by atoms with Crippen LogP contribution in [0.3, 0.4) is 0 Å². The molecule has 0 aromatic heterocycles. The molecule has 0 saturated carbocycles. The third-order valence-electron chi connectivity index (χ3n) is 5.49. The summed E-state index contributed by atoms with van der Waals surface area (Å²) < 4.78 is 16.1. The van der Waals surface area contributed by atoms with Crippen LogP contribution in [-0.2, 0) is 20.7 Å². The van der Waals surface area contributed by atoms with Crippen molar-refractivity contribution in [2.24, 2.45) is 0 Å². The first kappa shape index (κ1) is 27.8. The summed E-state index contributed by atoms with van der Waals surface area (Å²) in [6.07, 6.45) is 14.5. The van der Waals surface area contributed by atoms with E-state index in [0.29, 0.717) is 18.4 Å². The molecule has 1 atom stereocenters. The van der Waals surface area contributed by atoms with Crippen LogP contribution < -0.4 is 9.47 Å². The molecule has 1 rings (SSSR count). The van der Waals surface area contributed by atoms with E-state index in [0.717, 1.165) is 12.8 Å².